The third kappa shape index (κ3) is 3.41. The van der Waals surface area contributed by atoms with Crippen LogP contribution in [0.25, 0.3) is 0 Å². The smallest absolute Gasteiger partial charge is 0.224 e. The third-order valence-electron chi connectivity index (χ3n) is 10.3. The number of piperidine rings is 1. The van der Waals surface area contributed by atoms with Crippen LogP contribution in [0.15, 0.2) is 0 Å². The molecule has 0 spiro atoms. The molecule has 0 bridgehead atoms. The van der Waals surface area contributed by atoms with E-state index in [9.17, 15) is 9.59 Å². The van der Waals surface area contributed by atoms with Crippen LogP contribution in [0.4, 0.5) is 0 Å². The molecular formula is C26H44N2O2. The molecule has 3 aliphatic carbocycles. The first-order valence-corrected chi connectivity index (χ1v) is 12.8. The van der Waals surface area contributed by atoms with Gasteiger partial charge in [-0.2, -0.15) is 0 Å². The van der Waals surface area contributed by atoms with Crippen molar-refractivity contribution < 1.29 is 9.59 Å². The highest BCUT2D eigenvalue weighted by Gasteiger charge is 2.62. The minimum Gasteiger partial charge on any atom is -0.342 e. The molecular weight excluding hydrogens is 372 g/mol. The van der Waals surface area contributed by atoms with Crippen molar-refractivity contribution in [2.45, 2.75) is 110 Å². The predicted octanol–water partition coefficient (Wildman–Crippen LogP) is 5.26. The molecule has 30 heavy (non-hydrogen) atoms. The number of rotatable bonds is 7. The minimum atomic E-state index is 0.0289. The van der Waals surface area contributed by atoms with Gasteiger partial charge in [-0.3, -0.25) is 9.59 Å². The second kappa shape index (κ2) is 8.47. The van der Waals surface area contributed by atoms with E-state index in [2.05, 4.69) is 30.6 Å². The molecule has 4 rings (SSSR count). The molecule has 170 valence electrons. The van der Waals surface area contributed by atoms with Crippen LogP contribution in [0.2, 0.25) is 0 Å². The van der Waals surface area contributed by atoms with Crippen LogP contribution in [0.3, 0.4) is 0 Å². The van der Waals surface area contributed by atoms with Crippen LogP contribution >= 0.6 is 0 Å². The molecule has 0 radical (unpaired) electrons. The number of nitrogens with zero attached hydrogens (tertiary/aromatic N) is 2. The summed E-state index contributed by atoms with van der Waals surface area (Å²) in [6.45, 7) is 8.05. The van der Waals surface area contributed by atoms with Crippen LogP contribution in [0.5, 0.6) is 0 Å². The average molecular weight is 417 g/mol. The lowest BCUT2D eigenvalue weighted by Crippen LogP contribution is -2.69. The van der Waals surface area contributed by atoms with E-state index in [4.69, 9.17) is 0 Å². The first-order valence-electron chi connectivity index (χ1n) is 12.8. The van der Waals surface area contributed by atoms with Gasteiger partial charge >= 0.3 is 0 Å². The van der Waals surface area contributed by atoms with E-state index in [1.54, 1.807) is 0 Å². The van der Waals surface area contributed by atoms with E-state index in [0.717, 1.165) is 37.6 Å². The van der Waals surface area contributed by atoms with Gasteiger partial charge in [-0.1, -0.05) is 46.5 Å². The zero-order valence-corrected chi connectivity index (χ0v) is 19.9. The van der Waals surface area contributed by atoms with Gasteiger partial charge in [-0.25, -0.2) is 0 Å². The number of unbranched alkanes of at least 4 members (excludes halogenated alkanes) is 3. The minimum absolute atomic E-state index is 0.0289. The van der Waals surface area contributed by atoms with E-state index in [0.29, 0.717) is 17.8 Å². The average Bonchev–Trinajstić information content (AvgIpc) is 3.13. The number of fused-ring (bicyclic) bond motifs is 5. The van der Waals surface area contributed by atoms with Gasteiger partial charge in [0.2, 0.25) is 12.3 Å². The maximum atomic E-state index is 13.0. The van der Waals surface area contributed by atoms with E-state index >= 15 is 0 Å². The van der Waals surface area contributed by atoms with Gasteiger partial charge in [0.1, 0.15) is 0 Å². The van der Waals surface area contributed by atoms with Crippen molar-refractivity contribution in [3.63, 3.8) is 0 Å². The lowest BCUT2D eigenvalue weighted by molar-refractivity contribution is -0.175. The summed E-state index contributed by atoms with van der Waals surface area (Å²) in [5, 5.41) is 0. The standard InChI is InChI=1S/C26H44N2O2/c1-5-6-7-8-16-28(18-29)23-17-24(30)27(4)22-12-11-19-20-10-9-14-25(20,2)15-13-21(19)26(22,23)3/h18-23H,5-17H2,1-4H3/t19-,20-,21+,22?,23?,25-,26+/m0/s1. The number of carbonyl (C=O) groups is 2. The lowest BCUT2D eigenvalue weighted by atomic mass is 9.46. The Labute approximate surface area is 184 Å². The second-order valence-corrected chi connectivity index (χ2v) is 11.5. The van der Waals surface area contributed by atoms with Crippen molar-refractivity contribution in [1.82, 2.24) is 9.80 Å². The molecule has 1 aliphatic heterocycles. The van der Waals surface area contributed by atoms with Crippen molar-refractivity contribution in [2.75, 3.05) is 13.6 Å². The van der Waals surface area contributed by atoms with Crippen LogP contribution in [0.1, 0.15) is 97.8 Å². The molecule has 0 aromatic rings. The van der Waals surface area contributed by atoms with E-state index < -0.39 is 0 Å². The van der Waals surface area contributed by atoms with E-state index in [-0.39, 0.29) is 23.4 Å². The molecule has 4 nitrogen and oxygen atoms in total. The Balaban J connectivity index is 1.63. The van der Waals surface area contributed by atoms with Crippen molar-refractivity contribution in [1.29, 1.82) is 0 Å². The van der Waals surface area contributed by atoms with Crippen LogP contribution in [-0.2, 0) is 9.59 Å². The second-order valence-electron chi connectivity index (χ2n) is 11.5. The highest BCUT2D eigenvalue weighted by Crippen LogP contribution is 2.65. The van der Waals surface area contributed by atoms with Gasteiger partial charge in [0.25, 0.3) is 0 Å². The summed E-state index contributed by atoms with van der Waals surface area (Å²) in [7, 11) is 2.02. The topological polar surface area (TPSA) is 40.6 Å². The molecule has 4 heteroatoms. The first-order chi connectivity index (χ1) is 14.4. The van der Waals surface area contributed by atoms with Gasteiger partial charge < -0.3 is 9.80 Å². The molecule has 3 saturated carbocycles. The Morgan fingerprint density at radius 3 is 2.60 bits per heavy atom. The molecule has 4 aliphatic rings. The summed E-state index contributed by atoms with van der Waals surface area (Å²) < 4.78 is 0. The first kappa shape index (κ1) is 22.1. The van der Waals surface area contributed by atoms with Gasteiger partial charge in [0.15, 0.2) is 0 Å². The SMILES string of the molecule is CCCCCCN(C=O)C1CC(=O)N(C)C2CC[C@@H]3[C@@H](CC[C@]4(C)CCC[C@@H]34)[C@@]12C. The summed E-state index contributed by atoms with van der Waals surface area (Å²) >= 11 is 0. The molecule has 4 fully saturated rings. The fourth-order valence-electron chi connectivity index (χ4n) is 8.62. The molecule has 0 aromatic carbocycles. The van der Waals surface area contributed by atoms with Gasteiger partial charge in [0.05, 0.1) is 0 Å². The van der Waals surface area contributed by atoms with Crippen molar-refractivity contribution in [3.05, 3.63) is 0 Å². The number of likely N-dealkylation sites (tertiary alicyclic amines) is 1. The Hall–Kier alpha value is -1.06. The highest BCUT2D eigenvalue weighted by atomic mass is 16.2. The number of amides is 2. The molecule has 1 heterocycles. The van der Waals surface area contributed by atoms with Crippen LogP contribution in [0, 0.1) is 28.6 Å². The van der Waals surface area contributed by atoms with Gasteiger partial charge in [0, 0.05) is 37.5 Å². The summed E-state index contributed by atoms with van der Waals surface area (Å²) in [6.07, 6.45) is 15.5. The largest absolute Gasteiger partial charge is 0.342 e. The maximum Gasteiger partial charge on any atom is 0.224 e. The summed E-state index contributed by atoms with van der Waals surface area (Å²) in [5.74, 6) is 2.52. The Morgan fingerprint density at radius 1 is 1.07 bits per heavy atom. The zero-order chi connectivity index (χ0) is 21.5. The Bertz CT molecular complexity index is 651. The molecule has 1 saturated heterocycles. The fourth-order valence-corrected chi connectivity index (χ4v) is 8.62. The van der Waals surface area contributed by atoms with E-state index in [1.807, 2.05) is 7.05 Å². The van der Waals surface area contributed by atoms with Gasteiger partial charge in [-0.05, 0) is 68.1 Å². The zero-order valence-electron chi connectivity index (χ0n) is 19.9. The monoisotopic (exact) mass is 416 g/mol. The van der Waals surface area contributed by atoms with Crippen LogP contribution < -0.4 is 0 Å². The predicted molar refractivity (Wildman–Crippen MR) is 121 cm³/mol. The third-order valence-corrected chi connectivity index (χ3v) is 10.3. The summed E-state index contributed by atoms with van der Waals surface area (Å²) in [5.41, 5.74) is 0.571. The molecule has 2 amide bonds. The van der Waals surface area contributed by atoms with Crippen molar-refractivity contribution in [2.24, 2.45) is 28.6 Å². The maximum absolute atomic E-state index is 13.0. The van der Waals surface area contributed by atoms with Gasteiger partial charge in [-0.15, -0.1) is 0 Å². The number of hydrogen-bond acceptors (Lipinski definition) is 2. The fraction of sp³-hybridized carbons (Fsp3) is 0.923. The highest BCUT2D eigenvalue weighted by molar-refractivity contribution is 5.79. The summed E-state index contributed by atoms with van der Waals surface area (Å²) in [6, 6.07) is 0.359. The van der Waals surface area contributed by atoms with E-state index in [1.165, 1.54) is 57.8 Å². The Morgan fingerprint density at radius 2 is 1.87 bits per heavy atom. The van der Waals surface area contributed by atoms with Crippen molar-refractivity contribution in [3.8, 4) is 0 Å². The normalized spacial score (nSPS) is 43.0. The molecule has 7 atom stereocenters. The number of hydrogen-bond donors (Lipinski definition) is 0. The Kier molecular flexibility index (Phi) is 6.25. The summed E-state index contributed by atoms with van der Waals surface area (Å²) in [4.78, 5) is 29.4. The molecule has 0 N–H and O–H groups in total. The van der Waals surface area contributed by atoms with Crippen molar-refractivity contribution >= 4 is 12.3 Å². The number of carbonyl (C=O) groups excluding carboxylic acids is 2. The van der Waals surface area contributed by atoms with Crippen LogP contribution in [-0.4, -0.2) is 47.8 Å². The molecule has 2 unspecified atom stereocenters. The quantitative estimate of drug-likeness (QED) is 0.420. The lowest BCUT2D eigenvalue weighted by Gasteiger charge is -2.64. The molecule has 0 aromatic heterocycles.